The summed E-state index contributed by atoms with van der Waals surface area (Å²) in [7, 11) is -3.62. The van der Waals surface area contributed by atoms with Crippen molar-refractivity contribution >= 4 is 21.6 Å². The summed E-state index contributed by atoms with van der Waals surface area (Å²) in [5, 5.41) is 2.99. The maximum atomic E-state index is 13.2. The highest BCUT2D eigenvalue weighted by Crippen LogP contribution is 2.27. The molecule has 28 heavy (non-hydrogen) atoms. The van der Waals surface area contributed by atoms with Crippen molar-refractivity contribution in [1.82, 2.24) is 4.31 Å². The van der Waals surface area contributed by atoms with Gasteiger partial charge in [-0.1, -0.05) is 24.3 Å². The first kappa shape index (κ1) is 20.6. The lowest BCUT2D eigenvalue weighted by atomic mass is 9.98. The highest BCUT2D eigenvalue weighted by atomic mass is 32.2. The largest absolute Gasteiger partial charge is 0.326 e. The van der Waals surface area contributed by atoms with E-state index >= 15 is 0 Å². The monoisotopic (exact) mass is 400 g/mol. The van der Waals surface area contributed by atoms with E-state index in [1.54, 1.807) is 13.0 Å². The molecule has 1 atom stereocenters. The van der Waals surface area contributed by atoms with Crippen LogP contribution in [0.1, 0.15) is 35.1 Å². The van der Waals surface area contributed by atoms with Gasteiger partial charge in [-0.05, 0) is 74.9 Å². The van der Waals surface area contributed by atoms with Crippen LogP contribution in [0.2, 0.25) is 0 Å². The fourth-order valence-corrected chi connectivity index (χ4v) is 5.44. The van der Waals surface area contributed by atoms with Crippen molar-refractivity contribution in [3.63, 3.8) is 0 Å². The first-order valence-corrected chi connectivity index (χ1v) is 11.1. The summed E-state index contributed by atoms with van der Waals surface area (Å²) in [6.07, 6.45) is 1.37. The van der Waals surface area contributed by atoms with Crippen molar-refractivity contribution in [3.8, 4) is 0 Å². The summed E-state index contributed by atoms with van der Waals surface area (Å²) in [4.78, 5) is 13.2. The second kappa shape index (κ2) is 8.05. The van der Waals surface area contributed by atoms with Gasteiger partial charge in [0.05, 0.1) is 10.8 Å². The molecule has 1 heterocycles. The maximum Gasteiger partial charge on any atom is 0.243 e. The van der Waals surface area contributed by atoms with Crippen molar-refractivity contribution in [2.75, 3.05) is 18.4 Å². The standard InChI is InChI=1S/C22H28N2O3S/c1-15-7-9-17(3)20(12-15)23-22(25)19-6-5-11-24(14-19)28(26,27)21-13-16(2)8-10-18(21)4/h7-10,12-13,19H,5-6,11,14H2,1-4H3,(H,23,25)/t19-/m0/s1. The zero-order valence-corrected chi connectivity index (χ0v) is 17.8. The van der Waals surface area contributed by atoms with E-state index in [2.05, 4.69) is 5.32 Å². The predicted molar refractivity (Wildman–Crippen MR) is 112 cm³/mol. The Kier molecular flexibility index (Phi) is 5.91. The third-order valence-electron chi connectivity index (χ3n) is 5.37. The van der Waals surface area contributed by atoms with Crippen molar-refractivity contribution < 1.29 is 13.2 Å². The zero-order chi connectivity index (χ0) is 20.5. The first-order valence-electron chi connectivity index (χ1n) is 9.64. The van der Waals surface area contributed by atoms with Crippen LogP contribution >= 0.6 is 0 Å². The summed E-state index contributed by atoms with van der Waals surface area (Å²) in [5.41, 5.74) is 4.50. The molecule has 1 fully saturated rings. The average molecular weight is 401 g/mol. The number of carbonyl (C=O) groups is 1. The third-order valence-corrected chi connectivity index (χ3v) is 7.37. The molecule has 0 saturated carbocycles. The Morgan fingerprint density at radius 1 is 1.00 bits per heavy atom. The number of rotatable bonds is 4. The lowest BCUT2D eigenvalue weighted by Crippen LogP contribution is -2.43. The van der Waals surface area contributed by atoms with Crippen LogP contribution in [0.5, 0.6) is 0 Å². The molecule has 5 nitrogen and oxygen atoms in total. The number of aryl methyl sites for hydroxylation is 4. The molecule has 6 heteroatoms. The average Bonchev–Trinajstić information content (AvgIpc) is 2.66. The number of anilines is 1. The molecule has 3 rings (SSSR count). The predicted octanol–water partition coefficient (Wildman–Crippen LogP) is 3.96. The number of hydrogen-bond acceptors (Lipinski definition) is 3. The smallest absolute Gasteiger partial charge is 0.243 e. The minimum absolute atomic E-state index is 0.116. The highest BCUT2D eigenvalue weighted by molar-refractivity contribution is 7.89. The Labute approximate surface area is 167 Å². The second-order valence-electron chi connectivity index (χ2n) is 7.78. The lowest BCUT2D eigenvalue weighted by molar-refractivity contribution is -0.120. The fourth-order valence-electron chi connectivity index (χ4n) is 3.60. The molecule has 1 aliphatic heterocycles. The van der Waals surface area contributed by atoms with Crippen LogP contribution in [-0.2, 0) is 14.8 Å². The van der Waals surface area contributed by atoms with Crippen molar-refractivity contribution in [1.29, 1.82) is 0 Å². The summed E-state index contributed by atoms with van der Waals surface area (Å²) >= 11 is 0. The summed E-state index contributed by atoms with van der Waals surface area (Å²) < 4.78 is 27.8. The van der Waals surface area contributed by atoms with E-state index in [1.807, 2.05) is 51.1 Å². The summed E-state index contributed by atoms with van der Waals surface area (Å²) in [6.45, 7) is 8.28. The molecule has 1 aliphatic rings. The number of piperidine rings is 1. The van der Waals surface area contributed by atoms with Gasteiger partial charge < -0.3 is 5.32 Å². The Hall–Kier alpha value is -2.18. The Morgan fingerprint density at radius 3 is 2.36 bits per heavy atom. The highest BCUT2D eigenvalue weighted by Gasteiger charge is 2.34. The lowest BCUT2D eigenvalue weighted by Gasteiger charge is -2.31. The molecule has 0 aromatic heterocycles. The zero-order valence-electron chi connectivity index (χ0n) is 17.0. The molecule has 0 aliphatic carbocycles. The fraction of sp³-hybridized carbons (Fsp3) is 0.409. The van der Waals surface area contributed by atoms with Crippen LogP contribution in [0.15, 0.2) is 41.3 Å². The first-order chi connectivity index (χ1) is 13.2. The van der Waals surface area contributed by atoms with E-state index in [0.29, 0.717) is 24.3 Å². The molecular formula is C22H28N2O3S. The van der Waals surface area contributed by atoms with E-state index < -0.39 is 10.0 Å². The van der Waals surface area contributed by atoms with Gasteiger partial charge in [-0.25, -0.2) is 8.42 Å². The normalized spacial score (nSPS) is 18.1. The molecular weight excluding hydrogens is 372 g/mol. The SMILES string of the molecule is Cc1ccc(C)c(NC(=O)[C@H]2CCCN(S(=O)(=O)c3cc(C)ccc3C)C2)c1. The van der Waals surface area contributed by atoms with E-state index in [1.165, 1.54) is 4.31 Å². The van der Waals surface area contributed by atoms with E-state index in [-0.39, 0.29) is 18.4 Å². The van der Waals surface area contributed by atoms with Gasteiger partial charge in [0.1, 0.15) is 0 Å². The third kappa shape index (κ3) is 4.28. The molecule has 1 N–H and O–H groups in total. The quantitative estimate of drug-likeness (QED) is 0.845. The van der Waals surface area contributed by atoms with Crippen LogP contribution in [0.25, 0.3) is 0 Å². The van der Waals surface area contributed by atoms with Crippen molar-refractivity contribution in [3.05, 3.63) is 58.7 Å². The van der Waals surface area contributed by atoms with Crippen LogP contribution in [0.4, 0.5) is 5.69 Å². The molecule has 150 valence electrons. The van der Waals surface area contributed by atoms with Crippen molar-refractivity contribution in [2.24, 2.45) is 5.92 Å². The summed E-state index contributed by atoms with van der Waals surface area (Å²) in [5.74, 6) is -0.469. The number of nitrogens with zero attached hydrogens (tertiary/aromatic N) is 1. The van der Waals surface area contributed by atoms with E-state index in [4.69, 9.17) is 0 Å². The van der Waals surface area contributed by atoms with Gasteiger partial charge in [0.25, 0.3) is 0 Å². The van der Waals surface area contributed by atoms with Crippen LogP contribution in [-0.4, -0.2) is 31.7 Å². The molecule has 2 aromatic carbocycles. The van der Waals surface area contributed by atoms with Crippen LogP contribution in [0, 0.1) is 33.6 Å². The Morgan fingerprint density at radius 2 is 1.64 bits per heavy atom. The number of amides is 1. The van der Waals surface area contributed by atoms with Crippen LogP contribution in [0.3, 0.4) is 0 Å². The minimum atomic E-state index is -3.62. The molecule has 1 saturated heterocycles. The number of sulfonamides is 1. The molecule has 1 amide bonds. The van der Waals surface area contributed by atoms with E-state index in [9.17, 15) is 13.2 Å². The summed E-state index contributed by atoms with van der Waals surface area (Å²) in [6, 6.07) is 11.4. The molecule has 2 aromatic rings. The minimum Gasteiger partial charge on any atom is -0.326 e. The molecule has 0 radical (unpaired) electrons. The Balaban J connectivity index is 1.79. The Bertz CT molecular complexity index is 999. The van der Waals surface area contributed by atoms with Gasteiger partial charge in [-0.15, -0.1) is 0 Å². The van der Waals surface area contributed by atoms with Gasteiger partial charge in [0.2, 0.25) is 15.9 Å². The van der Waals surface area contributed by atoms with Gasteiger partial charge in [-0.2, -0.15) is 4.31 Å². The molecule has 0 bridgehead atoms. The molecule has 0 unspecified atom stereocenters. The van der Waals surface area contributed by atoms with Gasteiger partial charge >= 0.3 is 0 Å². The van der Waals surface area contributed by atoms with E-state index in [0.717, 1.165) is 27.9 Å². The molecule has 0 spiro atoms. The second-order valence-corrected chi connectivity index (χ2v) is 9.69. The number of nitrogens with one attached hydrogen (secondary N) is 1. The van der Waals surface area contributed by atoms with Gasteiger partial charge in [0, 0.05) is 18.8 Å². The number of hydrogen-bond donors (Lipinski definition) is 1. The van der Waals surface area contributed by atoms with Gasteiger partial charge in [-0.3, -0.25) is 4.79 Å². The number of benzene rings is 2. The van der Waals surface area contributed by atoms with Gasteiger partial charge in [0.15, 0.2) is 0 Å². The topological polar surface area (TPSA) is 66.5 Å². The van der Waals surface area contributed by atoms with Crippen LogP contribution < -0.4 is 5.32 Å². The van der Waals surface area contributed by atoms with Crippen molar-refractivity contribution in [2.45, 2.75) is 45.4 Å². The number of carbonyl (C=O) groups excluding carboxylic acids is 1. The maximum absolute atomic E-state index is 13.2.